The van der Waals surface area contributed by atoms with Gasteiger partial charge in [0.15, 0.2) is 0 Å². The standard InChI is InChI=1S/C23H27FN4O3S/c1-14-10-16(28-32(3)29)12-18-22(14)23(26-13-25-18)27-17-9-8-15(24)11-21(17)31-20-7-5-4-6-19(20)30-2/h8-13,19-20,32H,4-7H2,1-3H3,(H,25,26,27)/t19-,20-/m1/s1. The highest BCUT2D eigenvalue weighted by Gasteiger charge is 2.27. The van der Waals surface area contributed by atoms with Gasteiger partial charge in [-0.1, -0.05) is 6.42 Å². The maximum absolute atomic E-state index is 14.1. The van der Waals surface area contributed by atoms with Crippen molar-refractivity contribution in [2.75, 3.05) is 18.7 Å². The van der Waals surface area contributed by atoms with E-state index in [1.54, 1.807) is 25.5 Å². The number of aryl methyl sites for hydroxylation is 1. The molecule has 4 rings (SSSR count). The van der Waals surface area contributed by atoms with Crippen LogP contribution < -0.4 is 10.1 Å². The van der Waals surface area contributed by atoms with Crippen molar-refractivity contribution >= 4 is 38.7 Å². The Hall–Kier alpha value is -2.78. The van der Waals surface area contributed by atoms with Crippen molar-refractivity contribution in [3.05, 3.63) is 48.0 Å². The summed E-state index contributed by atoms with van der Waals surface area (Å²) in [5, 5.41) is 4.10. The predicted molar refractivity (Wildman–Crippen MR) is 125 cm³/mol. The molecule has 1 aliphatic carbocycles. The lowest BCUT2D eigenvalue weighted by Crippen LogP contribution is -2.36. The lowest BCUT2D eigenvalue weighted by molar-refractivity contribution is -0.0227. The van der Waals surface area contributed by atoms with Gasteiger partial charge in [-0.2, -0.15) is 0 Å². The normalized spacial score (nSPS) is 19.8. The first-order valence-corrected chi connectivity index (χ1v) is 12.2. The van der Waals surface area contributed by atoms with Crippen LogP contribution in [0, 0.1) is 12.7 Å². The van der Waals surface area contributed by atoms with Gasteiger partial charge in [0.1, 0.15) is 29.8 Å². The molecule has 1 heterocycles. The Labute approximate surface area is 188 Å². The van der Waals surface area contributed by atoms with E-state index in [0.29, 0.717) is 28.5 Å². The average Bonchev–Trinajstić information content (AvgIpc) is 2.75. The van der Waals surface area contributed by atoms with Crippen LogP contribution in [0.2, 0.25) is 0 Å². The number of aromatic nitrogens is 2. The number of hydrogen-bond acceptors (Lipinski definition) is 7. The highest BCUT2D eigenvalue weighted by Crippen LogP contribution is 2.35. The molecule has 1 aromatic heterocycles. The topological polar surface area (TPSA) is 85.7 Å². The van der Waals surface area contributed by atoms with E-state index < -0.39 is 10.6 Å². The maximum Gasteiger partial charge on any atom is 0.146 e. The third kappa shape index (κ3) is 4.99. The molecule has 1 N–H and O–H groups in total. The van der Waals surface area contributed by atoms with Gasteiger partial charge in [-0.15, -0.1) is 0 Å². The van der Waals surface area contributed by atoms with Gasteiger partial charge in [-0.3, -0.25) is 4.21 Å². The Bertz CT molecular complexity index is 1210. The lowest BCUT2D eigenvalue weighted by Gasteiger charge is -2.31. The highest BCUT2D eigenvalue weighted by molar-refractivity contribution is 7.74. The Kier molecular flexibility index (Phi) is 6.86. The zero-order chi connectivity index (χ0) is 22.7. The molecule has 0 spiro atoms. The van der Waals surface area contributed by atoms with E-state index in [2.05, 4.69) is 19.6 Å². The number of hydrogen-bond donors (Lipinski definition) is 2. The van der Waals surface area contributed by atoms with Crippen molar-refractivity contribution in [1.82, 2.24) is 9.97 Å². The average molecular weight is 459 g/mol. The van der Waals surface area contributed by atoms with Crippen molar-refractivity contribution < 1.29 is 18.1 Å². The van der Waals surface area contributed by atoms with Crippen LogP contribution in [0.5, 0.6) is 5.75 Å². The van der Waals surface area contributed by atoms with Crippen LogP contribution in [0.4, 0.5) is 21.6 Å². The van der Waals surface area contributed by atoms with Gasteiger partial charge in [0.05, 0.1) is 23.0 Å². The Morgan fingerprint density at radius 2 is 1.94 bits per heavy atom. The van der Waals surface area contributed by atoms with Crippen LogP contribution >= 0.6 is 0 Å². The minimum atomic E-state index is -1.66. The van der Waals surface area contributed by atoms with Crippen LogP contribution in [-0.4, -0.2) is 39.8 Å². The number of nitrogens with zero attached hydrogens (tertiary/aromatic N) is 3. The molecule has 1 fully saturated rings. The van der Waals surface area contributed by atoms with Gasteiger partial charge in [-0.05, 0) is 56.0 Å². The summed E-state index contributed by atoms with van der Waals surface area (Å²) in [4.78, 5) is 8.76. The highest BCUT2D eigenvalue weighted by atomic mass is 32.2. The molecule has 3 atom stereocenters. The van der Waals surface area contributed by atoms with E-state index in [1.807, 2.05) is 13.0 Å². The number of rotatable bonds is 6. The van der Waals surface area contributed by atoms with Crippen molar-refractivity contribution in [3.8, 4) is 5.75 Å². The van der Waals surface area contributed by atoms with Gasteiger partial charge in [0.2, 0.25) is 0 Å². The summed E-state index contributed by atoms with van der Waals surface area (Å²) in [6, 6.07) is 8.04. The first-order valence-electron chi connectivity index (χ1n) is 10.6. The lowest BCUT2D eigenvalue weighted by atomic mass is 9.94. The van der Waals surface area contributed by atoms with Crippen LogP contribution in [-0.2, 0) is 15.3 Å². The minimum Gasteiger partial charge on any atom is -0.485 e. The molecule has 7 nitrogen and oxygen atoms in total. The van der Waals surface area contributed by atoms with Crippen molar-refractivity contribution in [1.29, 1.82) is 0 Å². The summed E-state index contributed by atoms with van der Waals surface area (Å²) in [6.07, 6.45) is 6.77. The number of ether oxygens (including phenoxy) is 2. The molecule has 32 heavy (non-hydrogen) atoms. The van der Waals surface area contributed by atoms with Crippen molar-refractivity contribution in [2.45, 2.75) is 44.8 Å². The van der Waals surface area contributed by atoms with Crippen LogP contribution in [0.25, 0.3) is 10.9 Å². The molecule has 1 saturated carbocycles. The summed E-state index contributed by atoms with van der Waals surface area (Å²) in [7, 11) is 0.0228. The van der Waals surface area contributed by atoms with E-state index in [4.69, 9.17) is 9.47 Å². The zero-order valence-electron chi connectivity index (χ0n) is 18.3. The van der Waals surface area contributed by atoms with E-state index in [1.165, 1.54) is 18.5 Å². The van der Waals surface area contributed by atoms with E-state index in [-0.39, 0.29) is 18.0 Å². The molecule has 1 unspecified atom stereocenters. The molecule has 0 amide bonds. The van der Waals surface area contributed by atoms with Gasteiger partial charge < -0.3 is 14.8 Å². The minimum absolute atomic E-state index is 0.0192. The quantitative estimate of drug-likeness (QED) is 0.501. The number of nitrogens with one attached hydrogen (secondary N) is 1. The third-order valence-corrected chi connectivity index (χ3v) is 6.11. The Morgan fingerprint density at radius 3 is 2.69 bits per heavy atom. The van der Waals surface area contributed by atoms with Crippen LogP contribution in [0.3, 0.4) is 0 Å². The first-order chi connectivity index (χ1) is 15.4. The first kappa shape index (κ1) is 22.4. The molecule has 3 aromatic rings. The second-order valence-electron chi connectivity index (χ2n) is 7.92. The molecule has 2 aromatic carbocycles. The molecule has 9 heteroatoms. The van der Waals surface area contributed by atoms with E-state index in [9.17, 15) is 8.60 Å². The fourth-order valence-corrected chi connectivity index (χ4v) is 4.58. The Balaban J connectivity index is 1.70. The summed E-state index contributed by atoms with van der Waals surface area (Å²) in [5.41, 5.74) is 2.78. The molecule has 0 aliphatic heterocycles. The summed E-state index contributed by atoms with van der Waals surface area (Å²) < 4.78 is 41.6. The smallest absolute Gasteiger partial charge is 0.146 e. The number of methoxy groups -OCH3 is 1. The number of fused-ring (bicyclic) bond motifs is 1. The summed E-state index contributed by atoms with van der Waals surface area (Å²) in [6.45, 7) is 1.92. The van der Waals surface area contributed by atoms with E-state index in [0.717, 1.165) is 36.6 Å². The fourth-order valence-electron chi connectivity index (χ4n) is 4.14. The monoisotopic (exact) mass is 458 g/mol. The van der Waals surface area contributed by atoms with E-state index >= 15 is 0 Å². The largest absolute Gasteiger partial charge is 0.485 e. The van der Waals surface area contributed by atoms with Gasteiger partial charge >= 0.3 is 0 Å². The summed E-state index contributed by atoms with van der Waals surface area (Å²) in [5.74, 6) is 0.611. The molecular formula is C23H27FN4O3S. The van der Waals surface area contributed by atoms with Gasteiger partial charge in [-0.25, -0.2) is 18.7 Å². The molecular weight excluding hydrogens is 431 g/mol. The molecule has 1 aliphatic rings. The van der Waals surface area contributed by atoms with Gasteiger partial charge in [0.25, 0.3) is 0 Å². The molecule has 0 saturated heterocycles. The number of thiol groups is 1. The van der Waals surface area contributed by atoms with Crippen molar-refractivity contribution in [3.63, 3.8) is 0 Å². The predicted octanol–water partition coefficient (Wildman–Crippen LogP) is 5.08. The third-order valence-electron chi connectivity index (χ3n) is 5.60. The second kappa shape index (κ2) is 9.79. The molecule has 0 bridgehead atoms. The Morgan fingerprint density at radius 1 is 1.16 bits per heavy atom. The second-order valence-corrected chi connectivity index (χ2v) is 9.05. The van der Waals surface area contributed by atoms with Crippen molar-refractivity contribution in [2.24, 2.45) is 4.36 Å². The SMILES string of the molecule is CO[C@@H]1CCCC[C@H]1Oc1cc(F)ccc1Nc1ncnc2cc(/N=[SH](\C)=O)cc(C)c12. The molecule has 170 valence electrons. The fraction of sp³-hybridized carbons (Fsp3) is 0.391. The van der Waals surface area contributed by atoms with Crippen LogP contribution in [0.15, 0.2) is 41.0 Å². The number of anilines is 2. The maximum atomic E-state index is 14.1. The summed E-state index contributed by atoms with van der Waals surface area (Å²) >= 11 is 0. The van der Waals surface area contributed by atoms with Crippen LogP contribution in [0.1, 0.15) is 31.2 Å². The zero-order valence-corrected chi connectivity index (χ0v) is 19.2. The van der Waals surface area contributed by atoms with Gasteiger partial charge in [0, 0.05) is 35.4 Å². The molecule has 0 radical (unpaired) electrons. The number of halogens is 1. The number of benzene rings is 2.